The Morgan fingerprint density at radius 1 is 1.50 bits per heavy atom. The number of nitrogens with zero attached hydrogens (tertiary/aromatic N) is 4. The fraction of sp³-hybridized carbons (Fsp3) is 0.273. The van der Waals surface area contributed by atoms with Gasteiger partial charge in [-0.2, -0.15) is 9.36 Å². The quantitative estimate of drug-likeness (QED) is 0.217. The van der Waals surface area contributed by atoms with Gasteiger partial charge in [0.25, 0.3) is 11.8 Å². The van der Waals surface area contributed by atoms with E-state index in [1.54, 1.807) is 0 Å². The first-order valence-electron chi connectivity index (χ1n) is 6.44. The number of nitrogen functional groups attached to an aromatic ring is 1. The molecule has 11 nitrogen and oxygen atoms in total. The number of anilines is 1. The molecule has 3 rings (SSSR count). The molecule has 1 fully saturated rings. The average molecular weight is 370 g/mol. The Labute approximate surface area is 142 Å². The van der Waals surface area contributed by atoms with Crippen molar-refractivity contribution in [2.75, 3.05) is 11.5 Å². The first-order chi connectivity index (χ1) is 11.4. The molecule has 0 aliphatic carbocycles. The summed E-state index contributed by atoms with van der Waals surface area (Å²) >= 11 is 2.13. The average Bonchev–Trinajstić information content (AvgIpc) is 2.98. The van der Waals surface area contributed by atoms with Gasteiger partial charge in [-0.25, -0.2) is 4.79 Å². The molecular formula is C11H10N6O5S2. The summed E-state index contributed by atoms with van der Waals surface area (Å²) in [6, 6.07) is -0.932. The molecule has 0 radical (unpaired) electrons. The normalized spacial score (nSPS) is 23.2. The Kier molecular flexibility index (Phi) is 4.11. The fourth-order valence-electron chi connectivity index (χ4n) is 2.27. The van der Waals surface area contributed by atoms with Gasteiger partial charge in [-0.3, -0.25) is 14.5 Å². The van der Waals surface area contributed by atoms with E-state index in [9.17, 15) is 14.4 Å². The molecule has 126 valence electrons. The van der Waals surface area contributed by atoms with Crippen LogP contribution in [0.4, 0.5) is 5.13 Å². The van der Waals surface area contributed by atoms with Gasteiger partial charge in [0.15, 0.2) is 5.13 Å². The van der Waals surface area contributed by atoms with Gasteiger partial charge >= 0.3 is 5.97 Å². The van der Waals surface area contributed by atoms with E-state index in [0.717, 1.165) is 16.4 Å². The van der Waals surface area contributed by atoms with Crippen molar-refractivity contribution in [2.24, 2.45) is 5.16 Å². The number of fused-ring (bicyclic) bond motifs is 1. The molecule has 1 aromatic heterocycles. The number of hydrogen-bond acceptors (Lipinski definition) is 10. The molecule has 0 saturated carbocycles. The molecule has 0 aromatic carbocycles. The highest BCUT2D eigenvalue weighted by molar-refractivity contribution is 8.00. The summed E-state index contributed by atoms with van der Waals surface area (Å²) < 4.78 is 3.76. The van der Waals surface area contributed by atoms with Crippen LogP contribution in [0.5, 0.6) is 0 Å². The molecule has 0 bridgehead atoms. The van der Waals surface area contributed by atoms with Crippen LogP contribution >= 0.6 is 23.3 Å². The minimum Gasteiger partial charge on any atom is -0.477 e. The fourth-order valence-corrected chi connectivity index (χ4v) is 3.90. The van der Waals surface area contributed by atoms with E-state index >= 15 is 0 Å². The van der Waals surface area contributed by atoms with Crippen molar-refractivity contribution in [3.05, 3.63) is 17.6 Å². The van der Waals surface area contributed by atoms with Gasteiger partial charge in [-0.15, -0.1) is 11.8 Å². The van der Waals surface area contributed by atoms with Gasteiger partial charge in [0, 0.05) is 17.3 Å². The number of β-lactam (4-membered cyclic amide) rings is 1. The van der Waals surface area contributed by atoms with Crippen LogP contribution in [-0.2, 0) is 14.4 Å². The van der Waals surface area contributed by atoms with Crippen molar-refractivity contribution < 1.29 is 24.7 Å². The van der Waals surface area contributed by atoms with E-state index in [2.05, 4.69) is 19.8 Å². The number of nitrogens with two attached hydrogens (primary N) is 1. The van der Waals surface area contributed by atoms with Crippen molar-refractivity contribution in [1.29, 1.82) is 0 Å². The zero-order valence-corrected chi connectivity index (χ0v) is 13.4. The summed E-state index contributed by atoms with van der Waals surface area (Å²) in [7, 11) is 0. The number of nitrogens with one attached hydrogen (secondary N) is 1. The van der Waals surface area contributed by atoms with Crippen LogP contribution in [-0.4, -0.2) is 65.2 Å². The Bertz CT molecular complexity index is 790. The van der Waals surface area contributed by atoms with E-state index in [4.69, 9.17) is 16.0 Å². The number of oxime groups is 1. The van der Waals surface area contributed by atoms with Crippen LogP contribution in [0, 0.1) is 0 Å². The smallest absolute Gasteiger partial charge is 0.352 e. The lowest BCUT2D eigenvalue weighted by molar-refractivity contribution is -0.150. The summed E-state index contributed by atoms with van der Waals surface area (Å²) in [4.78, 5) is 40.3. The van der Waals surface area contributed by atoms with Crippen LogP contribution in [0.2, 0.25) is 0 Å². The Morgan fingerprint density at radius 3 is 2.83 bits per heavy atom. The Balaban J connectivity index is 1.73. The second-order valence-electron chi connectivity index (χ2n) is 4.68. The third-order valence-electron chi connectivity index (χ3n) is 3.32. The van der Waals surface area contributed by atoms with Crippen LogP contribution in [0.3, 0.4) is 0 Å². The topological polar surface area (TPSA) is 171 Å². The molecule has 5 N–H and O–H groups in total. The first kappa shape index (κ1) is 16.2. The standard InChI is InChI=1S/C11H10N6O5S2/c12-11-14-6(16-24-11)4(15-22)7(18)13-5-8(19)17-3(10(20)21)1-2-23-9(5)17/h1,5,9,22H,2H2,(H,13,18)(H,20,21)(H2,12,14,16)/b15-4+/t5-,9-/m1/s1. The van der Waals surface area contributed by atoms with Gasteiger partial charge in [0.2, 0.25) is 11.5 Å². The van der Waals surface area contributed by atoms with E-state index in [0.29, 0.717) is 5.75 Å². The molecule has 3 heterocycles. The lowest BCUT2D eigenvalue weighted by Gasteiger charge is -2.48. The molecule has 2 amide bonds. The molecule has 1 saturated heterocycles. The molecule has 13 heteroatoms. The van der Waals surface area contributed by atoms with E-state index in [1.165, 1.54) is 17.8 Å². The molecule has 2 atom stereocenters. The summed E-state index contributed by atoms with van der Waals surface area (Å²) in [5, 5.41) is 22.9. The van der Waals surface area contributed by atoms with Gasteiger partial charge in [0.1, 0.15) is 17.1 Å². The van der Waals surface area contributed by atoms with Crippen molar-refractivity contribution in [3.8, 4) is 0 Å². The van der Waals surface area contributed by atoms with E-state index < -0.39 is 34.9 Å². The second-order valence-corrected chi connectivity index (χ2v) is 6.62. The van der Waals surface area contributed by atoms with Crippen LogP contribution in [0.1, 0.15) is 5.82 Å². The highest BCUT2D eigenvalue weighted by atomic mass is 32.2. The molecular weight excluding hydrogens is 360 g/mol. The number of amides is 2. The maximum absolute atomic E-state index is 12.2. The largest absolute Gasteiger partial charge is 0.477 e. The van der Waals surface area contributed by atoms with Crippen LogP contribution < -0.4 is 11.1 Å². The van der Waals surface area contributed by atoms with Crippen molar-refractivity contribution in [1.82, 2.24) is 19.6 Å². The number of carboxylic acids is 1. The highest BCUT2D eigenvalue weighted by Gasteiger charge is 2.53. The zero-order valence-electron chi connectivity index (χ0n) is 11.7. The van der Waals surface area contributed by atoms with Gasteiger partial charge in [0.05, 0.1) is 0 Å². The number of thioether (sulfide) groups is 1. The Hall–Kier alpha value is -2.67. The maximum Gasteiger partial charge on any atom is 0.352 e. The van der Waals surface area contributed by atoms with Crippen molar-refractivity contribution in [3.63, 3.8) is 0 Å². The predicted molar refractivity (Wildman–Crippen MR) is 83.4 cm³/mol. The third kappa shape index (κ3) is 2.56. The minimum atomic E-state index is -1.21. The second kappa shape index (κ2) is 6.09. The SMILES string of the molecule is Nc1nc(/C(=N\O)C(=O)N[C@@H]2C(=O)N3C(C(=O)O)=CCS[C@H]23)ns1. The predicted octanol–water partition coefficient (Wildman–Crippen LogP) is -1.33. The van der Waals surface area contributed by atoms with Crippen molar-refractivity contribution >= 4 is 51.9 Å². The molecule has 2 aliphatic rings. The number of aliphatic carboxylic acids is 1. The maximum atomic E-state index is 12.2. The lowest BCUT2D eigenvalue weighted by Crippen LogP contribution is -2.70. The van der Waals surface area contributed by atoms with Gasteiger partial charge in [-0.1, -0.05) is 5.16 Å². The number of aromatic nitrogens is 2. The molecule has 0 unspecified atom stereocenters. The van der Waals surface area contributed by atoms with Gasteiger partial charge in [-0.05, 0) is 6.08 Å². The summed E-state index contributed by atoms with van der Waals surface area (Å²) in [5.74, 6) is -2.40. The summed E-state index contributed by atoms with van der Waals surface area (Å²) in [6.07, 6.45) is 1.43. The van der Waals surface area contributed by atoms with E-state index in [-0.39, 0.29) is 16.7 Å². The lowest BCUT2D eigenvalue weighted by atomic mass is 10.0. The number of carbonyl (C=O) groups is 3. The number of rotatable bonds is 4. The van der Waals surface area contributed by atoms with Crippen molar-refractivity contribution in [2.45, 2.75) is 11.4 Å². The molecule has 0 spiro atoms. The van der Waals surface area contributed by atoms with Crippen LogP contribution in [0.15, 0.2) is 16.9 Å². The van der Waals surface area contributed by atoms with E-state index in [1.807, 2.05) is 0 Å². The molecule has 1 aromatic rings. The van der Waals surface area contributed by atoms with Gasteiger partial charge < -0.3 is 21.4 Å². The summed E-state index contributed by atoms with van der Waals surface area (Å²) in [6.45, 7) is 0. The first-order valence-corrected chi connectivity index (χ1v) is 8.27. The monoisotopic (exact) mass is 370 g/mol. The number of carbonyl (C=O) groups excluding carboxylic acids is 2. The number of hydrogen-bond donors (Lipinski definition) is 4. The minimum absolute atomic E-state index is 0.0870. The molecule has 2 aliphatic heterocycles. The van der Waals surface area contributed by atoms with Crippen LogP contribution in [0.25, 0.3) is 0 Å². The zero-order chi connectivity index (χ0) is 17.4. The highest BCUT2D eigenvalue weighted by Crippen LogP contribution is 2.37. The Morgan fingerprint density at radius 2 is 2.25 bits per heavy atom. The summed E-state index contributed by atoms with van der Waals surface area (Å²) in [5.41, 5.74) is 4.82. The number of carboxylic acid groups (broad SMARTS) is 1. The molecule has 24 heavy (non-hydrogen) atoms. The third-order valence-corrected chi connectivity index (χ3v) is 5.05.